The van der Waals surface area contributed by atoms with Crippen LogP contribution in [0.15, 0.2) is 97.1 Å². The number of hydrogen-bond acceptors (Lipinski definition) is 2. The number of benzene rings is 4. The molecular weight excluding hydrogens is 444 g/mol. The van der Waals surface area contributed by atoms with E-state index in [2.05, 4.69) is 29.6 Å². The van der Waals surface area contributed by atoms with E-state index in [0.717, 1.165) is 22.3 Å². The van der Waals surface area contributed by atoms with Crippen LogP contribution in [0.25, 0.3) is 10.8 Å². The second kappa shape index (κ2) is 12.2. The Morgan fingerprint density at radius 2 is 1.47 bits per heavy atom. The van der Waals surface area contributed by atoms with Gasteiger partial charge in [0.05, 0.1) is 0 Å². The number of likely N-dealkylation sites (N-methyl/N-ethyl adjacent to an activating group) is 1. The highest BCUT2D eigenvalue weighted by Crippen LogP contribution is 2.22. The Hall–Kier alpha value is -3.92. The molecule has 0 bridgehead atoms. The highest BCUT2D eigenvalue weighted by atomic mass is 16.2. The van der Waals surface area contributed by atoms with E-state index in [4.69, 9.17) is 0 Å². The van der Waals surface area contributed by atoms with Crippen molar-refractivity contribution in [1.29, 1.82) is 0 Å². The molecule has 4 aromatic carbocycles. The van der Waals surface area contributed by atoms with E-state index < -0.39 is 6.04 Å². The topological polar surface area (TPSA) is 49.4 Å². The van der Waals surface area contributed by atoms with Crippen molar-refractivity contribution < 1.29 is 9.59 Å². The van der Waals surface area contributed by atoms with Crippen LogP contribution in [0.1, 0.15) is 35.6 Å². The quantitative estimate of drug-likeness (QED) is 0.310. The standard InChI is InChI=1S/C32H34N2O2/c1-3-33-32(36)30(22-25-13-5-4-6-14-25)34(23-28-16-8-7-12-24(28)2)31(35)21-20-27-18-11-17-26-15-9-10-19-29(26)27/h4-19,30H,3,20-23H2,1-2H3,(H,33,36)/t30-/m1/s1. The molecule has 0 saturated heterocycles. The van der Waals surface area contributed by atoms with Gasteiger partial charge in [0.25, 0.3) is 0 Å². The summed E-state index contributed by atoms with van der Waals surface area (Å²) >= 11 is 0. The fraction of sp³-hybridized carbons (Fsp3) is 0.250. The first-order valence-corrected chi connectivity index (χ1v) is 12.7. The largest absolute Gasteiger partial charge is 0.355 e. The molecule has 1 N–H and O–H groups in total. The highest BCUT2D eigenvalue weighted by molar-refractivity contribution is 5.89. The van der Waals surface area contributed by atoms with Crippen molar-refractivity contribution in [1.82, 2.24) is 10.2 Å². The maximum Gasteiger partial charge on any atom is 0.243 e. The van der Waals surface area contributed by atoms with Crippen LogP contribution in [0.4, 0.5) is 0 Å². The van der Waals surface area contributed by atoms with Gasteiger partial charge in [0.15, 0.2) is 0 Å². The molecule has 4 nitrogen and oxygen atoms in total. The van der Waals surface area contributed by atoms with Gasteiger partial charge in [-0.15, -0.1) is 0 Å². The Morgan fingerprint density at radius 3 is 2.25 bits per heavy atom. The third kappa shape index (κ3) is 6.19. The number of amides is 2. The lowest BCUT2D eigenvalue weighted by Gasteiger charge is -2.32. The number of fused-ring (bicyclic) bond motifs is 1. The van der Waals surface area contributed by atoms with Gasteiger partial charge in [-0.1, -0.05) is 97.1 Å². The van der Waals surface area contributed by atoms with Crippen molar-refractivity contribution in [3.05, 3.63) is 119 Å². The van der Waals surface area contributed by atoms with E-state index in [1.54, 1.807) is 4.90 Å². The molecule has 0 aliphatic carbocycles. The summed E-state index contributed by atoms with van der Waals surface area (Å²) in [6.07, 6.45) is 1.43. The molecule has 0 spiro atoms. The zero-order chi connectivity index (χ0) is 25.3. The predicted octanol–water partition coefficient (Wildman–Crippen LogP) is 5.86. The van der Waals surface area contributed by atoms with Gasteiger partial charge >= 0.3 is 0 Å². The van der Waals surface area contributed by atoms with Crippen LogP contribution in [-0.4, -0.2) is 29.3 Å². The maximum absolute atomic E-state index is 13.9. The van der Waals surface area contributed by atoms with E-state index >= 15 is 0 Å². The minimum Gasteiger partial charge on any atom is -0.355 e. The number of nitrogens with zero attached hydrogens (tertiary/aromatic N) is 1. The van der Waals surface area contributed by atoms with Gasteiger partial charge in [-0.2, -0.15) is 0 Å². The molecule has 2 amide bonds. The molecule has 0 aromatic heterocycles. The normalized spacial score (nSPS) is 11.7. The average Bonchev–Trinajstić information content (AvgIpc) is 2.91. The van der Waals surface area contributed by atoms with Gasteiger partial charge in [0.2, 0.25) is 11.8 Å². The molecule has 0 unspecified atom stereocenters. The predicted molar refractivity (Wildman–Crippen MR) is 147 cm³/mol. The van der Waals surface area contributed by atoms with Crippen LogP contribution in [0.5, 0.6) is 0 Å². The lowest BCUT2D eigenvalue weighted by atomic mass is 9.98. The van der Waals surface area contributed by atoms with Crippen molar-refractivity contribution in [3.8, 4) is 0 Å². The molecule has 184 valence electrons. The molecule has 36 heavy (non-hydrogen) atoms. The number of aryl methyl sites for hydroxylation is 2. The number of nitrogens with one attached hydrogen (secondary N) is 1. The molecule has 0 aliphatic heterocycles. The van der Waals surface area contributed by atoms with Gasteiger partial charge in [0.1, 0.15) is 6.04 Å². The third-order valence-corrected chi connectivity index (χ3v) is 6.71. The van der Waals surface area contributed by atoms with Gasteiger partial charge in [-0.3, -0.25) is 9.59 Å². The summed E-state index contributed by atoms with van der Waals surface area (Å²) in [5, 5.41) is 5.31. The minimum absolute atomic E-state index is 0.0154. The average molecular weight is 479 g/mol. The van der Waals surface area contributed by atoms with Gasteiger partial charge in [0, 0.05) is 25.9 Å². The second-order valence-electron chi connectivity index (χ2n) is 9.19. The third-order valence-electron chi connectivity index (χ3n) is 6.71. The molecule has 0 fully saturated rings. The summed E-state index contributed by atoms with van der Waals surface area (Å²) in [5.74, 6) is -0.133. The Labute approximate surface area is 214 Å². The number of carbonyl (C=O) groups excluding carboxylic acids is 2. The lowest BCUT2D eigenvalue weighted by Crippen LogP contribution is -2.50. The second-order valence-corrected chi connectivity index (χ2v) is 9.19. The van der Waals surface area contributed by atoms with Crippen molar-refractivity contribution in [3.63, 3.8) is 0 Å². The summed E-state index contributed by atoms with van der Waals surface area (Å²) in [6, 6.07) is 31.9. The first kappa shape index (κ1) is 25.2. The Balaban J connectivity index is 1.64. The summed E-state index contributed by atoms with van der Waals surface area (Å²) in [5.41, 5.74) is 4.34. The van der Waals surface area contributed by atoms with Crippen LogP contribution in [0, 0.1) is 6.92 Å². The molecule has 0 heterocycles. The molecule has 0 saturated carbocycles. The smallest absolute Gasteiger partial charge is 0.243 e. The Bertz CT molecular complexity index is 1310. The van der Waals surface area contributed by atoms with E-state index in [-0.39, 0.29) is 11.8 Å². The van der Waals surface area contributed by atoms with E-state index in [0.29, 0.717) is 32.4 Å². The van der Waals surface area contributed by atoms with Crippen molar-refractivity contribution in [2.45, 2.75) is 45.7 Å². The first-order chi connectivity index (χ1) is 17.6. The molecule has 4 heteroatoms. The molecule has 1 atom stereocenters. The SMILES string of the molecule is CCNC(=O)[C@@H](Cc1ccccc1)N(Cc1ccccc1C)C(=O)CCc1cccc2ccccc12. The van der Waals surface area contributed by atoms with E-state index in [1.807, 2.05) is 86.6 Å². The molecule has 0 aliphatic rings. The molecular formula is C32H34N2O2. The zero-order valence-corrected chi connectivity index (χ0v) is 21.1. The number of hydrogen-bond donors (Lipinski definition) is 1. The lowest BCUT2D eigenvalue weighted by molar-refractivity contribution is -0.141. The van der Waals surface area contributed by atoms with Crippen molar-refractivity contribution in [2.75, 3.05) is 6.54 Å². The zero-order valence-electron chi connectivity index (χ0n) is 21.1. The number of carbonyl (C=O) groups is 2. The highest BCUT2D eigenvalue weighted by Gasteiger charge is 2.30. The van der Waals surface area contributed by atoms with E-state index in [1.165, 1.54) is 10.8 Å². The van der Waals surface area contributed by atoms with Crippen LogP contribution in [0.2, 0.25) is 0 Å². The van der Waals surface area contributed by atoms with Crippen LogP contribution in [0.3, 0.4) is 0 Å². The summed E-state index contributed by atoms with van der Waals surface area (Å²) in [6.45, 7) is 4.88. The summed E-state index contributed by atoms with van der Waals surface area (Å²) in [4.78, 5) is 29.0. The van der Waals surface area contributed by atoms with Crippen LogP contribution in [-0.2, 0) is 29.0 Å². The van der Waals surface area contributed by atoms with Gasteiger partial charge in [-0.05, 0) is 53.3 Å². The van der Waals surface area contributed by atoms with Crippen molar-refractivity contribution >= 4 is 22.6 Å². The van der Waals surface area contributed by atoms with Gasteiger partial charge in [-0.25, -0.2) is 0 Å². The monoisotopic (exact) mass is 478 g/mol. The fourth-order valence-corrected chi connectivity index (χ4v) is 4.71. The number of rotatable bonds is 10. The minimum atomic E-state index is -0.591. The fourth-order valence-electron chi connectivity index (χ4n) is 4.71. The molecule has 0 radical (unpaired) electrons. The summed E-state index contributed by atoms with van der Waals surface area (Å²) in [7, 11) is 0. The maximum atomic E-state index is 13.9. The summed E-state index contributed by atoms with van der Waals surface area (Å²) < 4.78 is 0. The van der Waals surface area contributed by atoms with Crippen LogP contribution >= 0.6 is 0 Å². The molecule has 4 aromatic rings. The van der Waals surface area contributed by atoms with Gasteiger partial charge < -0.3 is 10.2 Å². The molecule has 4 rings (SSSR count). The van der Waals surface area contributed by atoms with Crippen molar-refractivity contribution in [2.24, 2.45) is 0 Å². The van der Waals surface area contributed by atoms with E-state index in [9.17, 15) is 9.59 Å². The first-order valence-electron chi connectivity index (χ1n) is 12.7. The Kier molecular flexibility index (Phi) is 8.51. The van der Waals surface area contributed by atoms with Crippen LogP contribution < -0.4 is 5.32 Å². The Morgan fingerprint density at radius 1 is 0.806 bits per heavy atom.